The van der Waals surface area contributed by atoms with E-state index in [1.807, 2.05) is 0 Å². The smallest absolute Gasteiger partial charge is 0.451 e. The molecule has 0 bridgehead atoms. The van der Waals surface area contributed by atoms with Crippen molar-refractivity contribution in [2.24, 2.45) is 0 Å². The molecule has 2 heterocycles. The standard InChI is InChI=1S/C16H21F3N2O4/c1-10(9-22)12-8-13(21-14(20-12)16(17,18)19)25-11-2-4-15(5-3-11)23-6-7-24-15/h8,10-11,22H,2-7,9H2,1H3. The Bertz CT molecular complexity index is 596. The number of hydrogen-bond acceptors (Lipinski definition) is 6. The molecule has 1 spiro atoms. The van der Waals surface area contributed by atoms with Crippen molar-refractivity contribution >= 4 is 0 Å². The van der Waals surface area contributed by atoms with Crippen molar-refractivity contribution in [2.45, 2.75) is 56.6 Å². The fourth-order valence-electron chi connectivity index (χ4n) is 3.08. The highest BCUT2D eigenvalue weighted by atomic mass is 19.4. The van der Waals surface area contributed by atoms with E-state index < -0.39 is 23.7 Å². The number of ether oxygens (including phenoxy) is 3. The second kappa shape index (κ2) is 7.05. The third-order valence-electron chi connectivity index (χ3n) is 4.55. The molecule has 25 heavy (non-hydrogen) atoms. The fourth-order valence-corrected chi connectivity index (χ4v) is 3.08. The van der Waals surface area contributed by atoms with E-state index in [0.717, 1.165) is 0 Å². The second-order valence-corrected chi connectivity index (χ2v) is 6.46. The average Bonchev–Trinajstić information content (AvgIpc) is 3.03. The molecule has 0 amide bonds. The first-order valence-corrected chi connectivity index (χ1v) is 8.33. The van der Waals surface area contributed by atoms with Crippen LogP contribution in [0.5, 0.6) is 5.88 Å². The Morgan fingerprint density at radius 1 is 1.28 bits per heavy atom. The normalized spacial score (nSPS) is 22.3. The first-order valence-electron chi connectivity index (χ1n) is 8.33. The fraction of sp³-hybridized carbons (Fsp3) is 0.750. The number of aliphatic hydroxyl groups is 1. The van der Waals surface area contributed by atoms with E-state index in [1.165, 1.54) is 6.07 Å². The van der Waals surface area contributed by atoms with Crippen molar-refractivity contribution in [3.8, 4) is 5.88 Å². The molecular weight excluding hydrogens is 341 g/mol. The molecule has 0 aromatic carbocycles. The molecule has 0 radical (unpaired) electrons. The van der Waals surface area contributed by atoms with E-state index in [9.17, 15) is 18.3 Å². The van der Waals surface area contributed by atoms with Gasteiger partial charge < -0.3 is 19.3 Å². The van der Waals surface area contributed by atoms with Crippen LogP contribution >= 0.6 is 0 Å². The van der Waals surface area contributed by atoms with Gasteiger partial charge in [-0.2, -0.15) is 18.2 Å². The minimum atomic E-state index is -4.68. The lowest BCUT2D eigenvalue weighted by Gasteiger charge is -2.35. The summed E-state index contributed by atoms with van der Waals surface area (Å²) in [5.74, 6) is -2.47. The number of alkyl halides is 3. The van der Waals surface area contributed by atoms with Gasteiger partial charge in [-0.3, -0.25) is 0 Å². The van der Waals surface area contributed by atoms with Gasteiger partial charge in [-0.05, 0) is 12.8 Å². The van der Waals surface area contributed by atoms with Crippen LogP contribution in [-0.2, 0) is 15.7 Å². The first-order chi connectivity index (χ1) is 11.8. The van der Waals surface area contributed by atoms with Crippen LogP contribution in [0.1, 0.15) is 50.0 Å². The molecule has 1 aromatic heterocycles. The average molecular weight is 362 g/mol. The highest BCUT2D eigenvalue weighted by molar-refractivity contribution is 5.20. The van der Waals surface area contributed by atoms with Crippen LogP contribution in [0, 0.1) is 0 Å². The van der Waals surface area contributed by atoms with Gasteiger partial charge >= 0.3 is 6.18 Å². The predicted molar refractivity (Wildman–Crippen MR) is 80.1 cm³/mol. The largest absolute Gasteiger partial charge is 0.474 e. The summed E-state index contributed by atoms with van der Waals surface area (Å²) in [7, 11) is 0. The molecule has 1 saturated heterocycles. The van der Waals surface area contributed by atoms with Gasteiger partial charge in [0.2, 0.25) is 11.7 Å². The Hall–Kier alpha value is -1.45. The van der Waals surface area contributed by atoms with E-state index in [4.69, 9.17) is 14.2 Å². The Kier molecular flexibility index (Phi) is 5.17. The second-order valence-electron chi connectivity index (χ2n) is 6.46. The SMILES string of the molecule is CC(CO)c1cc(OC2CCC3(CC2)OCCO3)nc(C(F)(F)F)n1. The van der Waals surface area contributed by atoms with Gasteiger partial charge in [-0.1, -0.05) is 6.92 Å². The van der Waals surface area contributed by atoms with Gasteiger partial charge in [-0.25, -0.2) is 4.98 Å². The molecule has 1 aromatic rings. The lowest BCUT2D eigenvalue weighted by atomic mass is 9.92. The molecule has 1 aliphatic heterocycles. The van der Waals surface area contributed by atoms with Crippen molar-refractivity contribution < 1.29 is 32.5 Å². The van der Waals surface area contributed by atoms with Crippen molar-refractivity contribution in [2.75, 3.05) is 19.8 Å². The number of aliphatic hydroxyl groups excluding tert-OH is 1. The third kappa shape index (κ3) is 4.21. The summed E-state index contributed by atoms with van der Waals surface area (Å²) in [4.78, 5) is 7.01. The van der Waals surface area contributed by atoms with Gasteiger partial charge in [-0.15, -0.1) is 0 Å². The van der Waals surface area contributed by atoms with Gasteiger partial charge in [0.15, 0.2) is 5.79 Å². The molecule has 1 unspecified atom stereocenters. The van der Waals surface area contributed by atoms with Gasteiger partial charge in [0, 0.05) is 24.8 Å². The third-order valence-corrected chi connectivity index (χ3v) is 4.55. The Balaban J connectivity index is 1.73. The van der Waals surface area contributed by atoms with Gasteiger partial charge in [0.05, 0.1) is 25.5 Å². The molecule has 6 nitrogen and oxygen atoms in total. The van der Waals surface area contributed by atoms with Crippen LogP contribution in [0.2, 0.25) is 0 Å². The highest BCUT2D eigenvalue weighted by Gasteiger charge is 2.41. The van der Waals surface area contributed by atoms with Crippen LogP contribution in [-0.4, -0.2) is 46.8 Å². The summed E-state index contributed by atoms with van der Waals surface area (Å²) in [6, 6.07) is 1.36. The topological polar surface area (TPSA) is 73.7 Å². The predicted octanol–water partition coefficient (Wildman–Crippen LogP) is 2.66. The maximum atomic E-state index is 13.0. The maximum absolute atomic E-state index is 13.0. The van der Waals surface area contributed by atoms with Crippen molar-refractivity contribution in [3.63, 3.8) is 0 Å². The first kappa shape index (κ1) is 18.3. The number of aromatic nitrogens is 2. The minimum Gasteiger partial charge on any atom is -0.474 e. The van der Waals surface area contributed by atoms with Crippen LogP contribution in [0.25, 0.3) is 0 Å². The summed E-state index contributed by atoms with van der Waals surface area (Å²) in [5.41, 5.74) is 0.106. The molecule has 9 heteroatoms. The molecule has 2 fully saturated rings. The van der Waals surface area contributed by atoms with Crippen LogP contribution in [0.15, 0.2) is 6.07 Å². The number of hydrogen-bond donors (Lipinski definition) is 1. The molecule has 2 aliphatic rings. The number of nitrogens with zero attached hydrogens (tertiary/aromatic N) is 2. The van der Waals surface area contributed by atoms with Crippen molar-refractivity contribution in [1.29, 1.82) is 0 Å². The zero-order valence-electron chi connectivity index (χ0n) is 13.9. The minimum absolute atomic E-state index is 0.106. The van der Waals surface area contributed by atoms with E-state index in [-0.39, 0.29) is 24.3 Å². The van der Waals surface area contributed by atoms with Gasteiger partial charge in [0.25, 0.3) is 0 Å². The van der Waals surface area contributed by atoms with Crippen molar-refractivity contribution in [1.82, 2.24) is 9.97 Å². The molecule has 1 atom stereocenters. The van der Waals surface area contributed by atoms with Gasteiger partial charge in [0.1, 0.15) is 6.10 Å². The van der Waals surface area contributed by atoms with Crippen LogP contribution < -0.4 is 4.74 Å². The summed E-state index contributed by atoms with van der Waals surface area (Å²) in [6.45, 7) is 2.41. The summed E-state index contributed by atoms with van der Waals surface area (Å²) >= 11 is 0. The molecular formula is C16H21F3N2O4. The quantitative estimate of drug-likeness (QED) is 0.888. The van der Waals surface area contributed by atoms with Crippen LogP contribution in [0.3, 0.4) is 0 Å². The zero-order chi connectivity index (χ0) is 18.1. The lowest BCUT2D eigenvalue weighted by molar-refractivity contribution is -0.186. The van der Waals surface area contributed by atoms with E-state index >= 15 is 0 Å². The van der Waals surface area contributed by atoms with E-state index in [2.05, 4.69) is 9.97 Å². The van der Waals surface area contributed by atoms with Crippen molar-refractivity contribution in [3.05, 3.63) is 17.6 Å². The Morgan fingerprint density at radius 3 is 2.48 bits per heavy atom. The zero-order valence-corrected chi connectivity index (χ0v) is 13.9. The monoisotopic (exact) mass is 362 g/mol. The maximum Gasteiger partial charge on any atom is 0.451 e. The molecule has 3 rings (SSSR count). The van der Waals surface area contributed by atoms with E-state index in [1.54, 1.807) is 6.92 Å². The molecule has 1 N–H and O–H groups in total. The van der Waals surface area contributed by atoms with E-state index in [0.29, 0.717) is 38.9 Å². The summed E-state index contributed by atoms with van der Waals surface area (Å²) in [5, 5.41) is 9.20. The summed E-state index contributed by atoms with van der Waals surface area (Å²) in [6.07, 6.45) is -2.45. The van der Waals surface area contributed by atoms with Crippen LogP contribution in [0.4, 0.5) is 13.2 Å². The molecule has 140 valence electrons. The number of halogens is 3. The Morgan fingerprint density at radius 2 is 1.92 bits per heavy atom. The molecule has 1 aliphatic carbocycles. The molecule has 1 saturated carbocycles. The summed E-state index contributed by atoms with van der Waals surface area (Å²) < 4.78 is 56.0. The Labute approximate surface area is 143 Å². The highest BCUT2D eigenvalue weighted by Crippen LogP contribution is 2.37. The lowest BCUT2D eigenvalue weighted by Crippen LogP contribution is -2.38. The number of rotatable bonds is 4.